The molecule has 8 nitrogen and oxygen atoms in total. The maximum Gasteiger partial charge on any atom is 0.262 e. The second-order valence-corrected chi connectivity index (χ2v) is 8.87. The van der Waals surface area contributed by atoms with Crippen molar-refractivity contribution in [3.63, 3.8) is 0 Å². The number of carbonyl (C=O) groups excluding carboxylic acids is 3. The molecular weight excluding hydrogens is 370 g/mol. The maximum absolute atomic E-state index is 12.8. The van der Waals surface area contributed by atoms with Gasteiger partial charge in [0.1, 0.15) is 6.04 Å². The topological polar surface area (TPSA) is 104 Å². The summed E-state index contributed by atoms with van der Waals surface area (Å²) < 4.78 is 26.0. The largest absolute Gasteiger partial charge is 0.341 e. The quantitative estimate of drug-likeness (QED) is 0.738. The van der Waals surface area contributed by atoms with Gasteiger partial charge in [0.2, 0.25) is 15.9 Å². The van der Waals surface area contributed by atoms with Gasteiger partial charge in [0.15, 0.2) is 0 Å². The molecule has 0 radical (unpaired) electrons. The Morgan fingerprint density at radius 3 is 2.15 bits per heavy atom. The lowest BCUT2D eigenvalue weighted by molar-refractivity contribution is -0.136. The van der Waals surface area contributed by atoms with Crippen LogP contribution in [-0.2, 0) is 14.8 Å². The number of fused-ring (bicyclic) bond motifs is 1. The van der Waals surface area contributed by atoms with E-state index in [0.717, 1.165) is 4.90 Å². The zero-order chi connectivity index (χ0) is 19.8. The van der Waals surface area contributed by atoms with E-state index in [9.17, 15) is 22.8 Å². The van der Waals surface area contributed by atoms with Crippen LogP contribution in [0.5, 0.6) is 0 Å². The summed E-state index contributed by atoms with van der Waals surface area (Å²) in [6.07, 6.45) is 1.000. The van der Waals surface area contributed by atoms with Crippen LogP contribution in [0, 0.1) is 0 Å². The first-order chi connectivity index (χ1) is 12.7. The number of hydrogen-bond donors (Lipinski definition) is 1. The molecule has 0 bridgehead atoms. The third kappa shape index (κ3) is 3.74. The molecule has 0 spiro atoms. The summed E-state index contributed by atoms with van der Waals surface area (Å²) in [5, 5.41) is 0. The Bertz CT molecular complexity index is 840. The molecule has 1 aromatic rings. The van der Waals surface area contributed by atoms with Gasteiger partial charge in [0.25, 0.3) is 11.8 Å². The van der Waals surface area contributed by atoms with E-state index in [1.165, 1.54) is 0 Å². The zero-order valence-corrected chi connectivity index (χ0v) is 16.2. The summed E-state index contributed by atoms with van der Waals surface area (Å²) in [5.74, 6) is -1.20. The second kappa shape index (κ2) is 7.40. The molecule has 3 rings (SSSR count). The molecule has 1 unspecified atom stereocenters. The highest BCUT2D eigenvalue weighted by atomic mass is 32.2. The third-order valence-electron chi connectivity index (χ3n) is 5.10. The molecule has 27 heavy (non-hydrogen) atoms. The molecule has 9 heteroatoms. The lowest BCUT2D eigenvalue weighted by Gasteiger charge is -2.35. The number of nitrogens with one attached hydrogen (secondary N) is 1. The van der Waals surface area contributed by atoms with E-state index in [1.807, 2.05) is 0 Å². The predicted octanol–water partition coefficient (Wildman–Crippen LogP) is 0.601. The Labute approximate surface area is 158 Å². The highest BCUT2D eigenvalue weighted by Crippen LogP contribution is 2.25. The van der Waals surface area contributed by atoms with Crippen LogP contribution in [-0.4, -0.2) is 66.9 Å². The lowest BCUT2D eigenvalue weighted by atomic mass is 10.1. The van der Waals surface area contributed by atoms with Gasteiger partial charge in [-0.05, 0) is 38.8 Å². The SMILES string of the molecule is CCS(=O)(=O)NC1CCN(C(=O)C(C)N2C(=O)c3ccccc3C2=O)CC1. The van der Waals surface area contributed by atoms with E-state index < -0.39 is 27.9 Å². The van der Waals surface area contributed by atoms with Gasteiger partial charge in [-0.3, -0.25) is 19.3 Å². The number of likely N-dealkylation sites (tertiary alicyclic amines) is 1. The molecule has 0 aromatic heterocycles. The summed E-state index contributed by atoms with van der Waals surface area (Å²) in [4.78, 5) is 40.5. The highest BCUT2D eigenvalue weighted by molar-refractivity contribution is 7.89. The minimum Gasteiger partial charge on any atom is -0.341 e. The molecule has 1 atom stereocenters. The molecular formula is C18H23N3O5S. The van der Waals surface area contributed by atoms with Crippen LogP contribution < -0.4 is 4.72 Å². The Balaban J connectivity index is 1.64. The normalized spacial score (nSPS) is 19.3. The molecule has 2 aliphatic heterocycles. The number of imide groups is 1. The Hall–Kier alpha value is -2.26. The summed E-state index contributed by atoms with van der Waals surface area (Å²) >= 11 is 0. The van der Waals surface area contributed by atoms with Crippen LogP contribution in [0.1, 0.15) is 47.4 Å². The van der Waals surface area contributed by atoms with Gasteiger partial charge < -0.3 is 4.90 Å². The Morgan fingerprint density at radius 1 is 1.15 bits per heavy atom. The summed E-state index contributed by atoms with van der Waals surface area (Å²) in [5.41, 5.74) is 0.629. The van der Waals surface area contributed by atoms with Gasteiger partial charge >= 0.3 is 0 Å². The van der Waals surface area contributed by atoms with E-state index in [0.29, 0.717) is 37.1 Å². The number of sulfonamides is 1. The zero-order valence-electron chi connectivity index (χ0n) is 15.3. The highest BCUT2D eigenvalue weighted by Gasteiger charge is 2.42. The number of nitrogens with zero attached hydrogens (tertiary/aromatic N) is 2. The van der Waals surface area contributed by atoms with Crippen molar-refractivity contribution in [3.8, 4) is 0 Å². The maximum atomic E-state index is 12.8. The molecule has 0 aliphatic carbocycles. The van der Waals surface area contributed by atoms with E-state index in [4.69, 9.17) is 0 Å². The Kier molecular flexibility index (Phi) is 5.34. The average molecular weight is 393 g/mol. The monoisotopic (exact) mass is 393 g/mol. The molecule has 3 amide bonds. The van der Waals surface area contributed by atoms with Crippen molar-refractivity contribution in [1.82, 2.24) is 14.5 Å². The predicted molar refractivity (Wildman–Crippen MR) is 98.6 cm³/mol. The van der Waals surface area contributed by atoms with Crippen molar-refractivity contribution in [3.05, 3.63) is 35.4 Å². The number of piperidine rings is 1. The van der Waals surface area contributed by atoms with Gasteiger partial charge in [0.05, 0.1) is 16.9 Å². The molecule has 2 aliphatic rings. The van der Waals surface area contributed by atoms with Crippen molar-refractivity contribution in [2.45, 2.75) is 38.8 Å². The smallest absolute Gasteiger partial charge is 0.262 e. The molecule has 1 aromatic carbocycles. The van der Waals surface area contributed by atoms with Crippen LogP contribution in [0.15, 0.2) is 24.3 Å². The van der Waals surface area contributed by atoms with Gasteiger partial charge in [-0.2, -0.15) is 0 Å². The molecule has 1 saturated heterocycles. The fourth-order valence-electron chi connectivity index (χ4n) is 3.49. The first kappa shape index (κ1) is 19.5. The van der Waals surface area contributed by atoms with Crippen LogP contribution in [0.3, 0.4) is 0 Å². The van der Waals surface area contributed by atoms with Gasteiger partial charge in [-0.25, -0.2) is 13.1 Å². The molecule has 2 heterocycles. The number of amides is 3. The number of rotatable bonds is 5. The van der Waals surface area contributed by atoms with Gasteiger partial charge in [-0.15, -0.1) is 0 Å². The second-order valence-electron chi connectivity index (χ2n) is 6.82. The Morgan fingerprint density at radius 2 is 1.67 bits per heavy atom. The molecule has 1 fully saturated rings. The first-order valence-electron chi connectivity index (χ1n) is 9.01. The van der Waals surface area contributed by atoms with E-state index in [2.05, 4.69) is 4.72 Å². The van der Waals surface area contributed by atoms with Crippen molar-refractivity contribution in [2.75, 3.05) is 18.8 Å². The van der Waals surface area contributed by atoms with E-state index in [-0.39, 0.29) is 17.7 Å². The summed E-state index contributed by atoms with van der Waals surface area (Å²) in [6.45, 7) is 3.88. The molecule has 1 N–H and O–H groups in total. The number of benzene rings is 1. The number of carbonyl (C=O) groups is 3. The van der Waals surface area contributed by atoms with Crippen LogP contribution in [0.25, 0.3) is 0 Å². The van der Waals surface area contributed by atoms with E-state index in [1.54, 1.807) is 43.0 Å². The fourth-order valence-corrected chi connectivity index (χ4v) is 4.40. The van der Waals surface area contributed by atoms with Gasteiger partial charge in [0, 0.05) is 19.1 Å². The van der Waals surface area contributed by atoms with Crippen LogP contribution >= 0.6 is 0 Å². The molecule has 146 valence electrons. The summed E-state index contributed by atoms with van der Waals surface area (Å²) in [7, 11) is -3.28. The summed E-state index contributed by atoms with van der Waals surface area (Å²) in [6, 6.07) is 5.43. The van der Waals surface area contributed by atoms with Crippen LogP contribution in [0.2, 0.25) is 0 Å². The van der Waals surface area contributed by atoms with Crippen molar-refractivity contribution in [1.29, 1.82) is 0 Å². The molecule has 0 saturated carbocycles. The third-order valence-corrected chi connectivity index (χ3v) is 6.56. The van der Waals surface area contributed by atoms with Gasteiger partial charge in [-0.1, -0.05) is 12.1 Å². The minimum absolute atomic E-state index is 0.0168. The minimum atomic E-state index is -3.28. The lowest BCUT2D eigenvalue weighted by Crippen LogP contribution is -2.53. The van der Waals surface area contributed by atoms with Crippen molar-refractivity contribution >= 4 is 27.7 Å². The van der Waals surface area contributed by atoms with Crippen molar-refractivity contribution in [2.24, 2.45) is 0 Å². The number of hydrogen-bond acceptors (Lipinski definition) is 5. The van der Waals surface area contributed by atoms with Crippen molar-refractivity contribution < 1.29 is 22.8 Å². The van der Waals surface area contributed by atoms with Crippen LogP contribution in [0.4, 0.5) is 0 Å². The fraction of sp³-hybridized carbons (Fsp3) is 0.500. The van der Waals surface area contributed by atoms with E-state index >= 15 is 0 Å². The first-order valence-corrected chi connectivity index (χ1v) is 10.7. The standard InChI is InChI=1S/C18H23N3O5S/c1-3-27(25,26)19-13-8-10-20(11-9-13)16(22)12(2)21-17(23)14-6-4-5-7-15(14)18(21)24/h4-7,12-13,19H,3,8-11H2,1-2H3. The average Bonchev–Trinajstić information content (AvgIpc) is 2.92.